The molecule has 0 saturated heterocycles. The fourth-order valence-electron chi connectivity index (χ4n) is 2.65. The van der Waals surface area contributed by atoms with E-state index in [2.05, 4.69) is 32.6 Å². The van der Waals surface area contributed by atoms with E-state index in [9.17, 15) is 4.79 Å². The lowest BCUT2D eigenvalue weighted by Gasteiger charge is -2.08. The summed E-state index contributed by atoms with van der Waals surface area (Å²) in [7, 11) is 0. The quantitative estimate of drug-likeness (QED) is 0.658. The summed E-state index contributed by atoms with van der Waals surface area (Å²) in [5.74, 6) is 1.43. The van der Waals surface area contributed by atoms with Gasteiger partial charge in [-0.1, -0.05) is 48.0 Å². The van der Waals surface area contributed by atoms with Crippen LogP contribution in [0.2, 0.25) is 5.02 Å². The van der Waals surface area contributed by atoms with Crippen LogP contribution in [0.15, 0.2) is 48.5 Å². The highest BCUT2D eigenvalue weighted by molar-refractivity contribution is 6.31. The number of carbonyl (C=O) groups excluding carboxylic acids is 1. The van der Waals surface area contributed by atoms with Crippen LogP contribution in [0, 0.1) is 6.92 Å². The summed E-state index contributed by atoms with van der Waals surface area (Å²) in [6, 6.07) is 15.7. The van der Waals surface area contributed by atoms with E-state index in [1.807, 2.05) is 37.3 Å². The normalized spacial score (nSPS) is 10.7. The molecule has 6 heteroatoms. The van der Waals surface area contributed by atoms with Crippen LogP contribution in [0.5, 0.6) is 0 Å². The summed E-state index contributed by atoms with van der Waals surface area (Å²) in [5.41, 5.74) is 2.86. The van der Waals surface area contributed by atoms with Gasteiger partial charge in [-0.25, -0.2) is 4.98 Å². The van der Waals surface area contributed by atoms with E-state index < -0.39 is 0 Å². The zero-order valence-corrected chi connectivity index (χ0v) is 15.4. The van der Waals surface area contributed by atoms with E-state index >= 15 is 0 Å². The number of hydrogen-bond donors (Lipinski definition) is 2. The molecule has 5 nitrogen and oxygen atoms in total. The first-order valence-corrected chi connectivity index (χ1v) is 8.98. The van der Waals surface area contributed by atoms with Crippen molar-refractivity contribution in [3.63, 3.8) is 0 Å². The zero-order valence-electron chi connectivity index (χ0n) is 14.6. The lowest BCUT2D eigenvalue weighted by atomic mass is 10.1. The number of amides is 1. The Kier molecular flexibility index (Phi) is 6.02. The molecule has 2 aromatic carbocycles. The lowest BCUT2D eigenvalue weighted by Crippen LogP contribution is -2.13. The van der Waals surface area contributed by atoms with Crippen molar-refractivity contribution in [2.24, 2.45) is 0 Å². The molecule has 0 saturated carbocycles. The predicted octanol–water partition coefficient (Wildman–Crippen LogP) is 4.12. The van der Waals surface area contributed by atoms with Crippen molar-refractivity contribution in [2.75, 3.05) is 5.32 Å². The Morgan fingerprint density at radius 2 is 1.88 bits per heavy atom. The highest BCUT2D eigenvalue weighted by atomic mass is 35.5. The molecule has 0 aliphatic rings. The van der Waals surface area contributed by atoms with Gasteiger partial charge in [0.25, 0.3) is 0 Å². The molecule has 2 N–H and O–H groups in total. The molecule has 0 radical (unpaired) electrons. The Morgan fingerprint density at radius 1 is 1.08 bits per heavy atom. The molecule has 3 aromatic rings. The van der Waals surface area contributed by atoms with Crippen molar-refractivity contribution in [2.45, 2.75) is 32.6 Å². The summed E-state index contributed by atoms with van der Waals surface area (Å²) in [4.78, 5) is 16.6. The molecule has 0 bridgehead atoms. The number of halogens is 1. The number of rotatable bonds is 7. The van der Waals surface area contributed by atoms with Gasteiger partial charge in [0.15, 0.2) is 5.82 Å². The lowest BCUT2D eigenvalue weighted by molar-refractivity contribution is -0.116. The SMILES string of the molecule is Cc1c(Cl)cccc1NC(=O)CCc1nc(CCc2ccccc2)n[nH]1. The number of carbonyl (C=O) groups is 1. The number of nitrogens with one attached hydrogen (secondary N) is 2. The first kappa shape index (κ1) is 18.1. The molecule has 0 atom stereocenters. The monoisotopic (exact) mass is 368 g/mol. The Labute approximate surface area is 157 Å². The molecule has 1 aromatic heterocycles. The molecule has 1 heterocycles. The van der Waals surface area contributed by atoms with Crippen molar-refractivity contribution in [1.29, 1.82) is 0 Å². The van der Waals surface area contributed by atoms with Crippen molar-refractivity contribution in [3.8, 4) is 0 Å². The number of aryl methyl sites for hydroxylation is 3. The number of benzene rings is 2. The summed E-state index contributed by atoms with van der Waals surface area (Å²) >= 11 is 6.07. The van der Waals surface area contributed by atoms with Gasteiger partial charge in [0.1, 0.15) is 5.82 Å². The van der Waals surface area contributed by atoms with Crippen LogP contribution in [0.1, 0.15) is 29.2 Å². The molecular formula is C20H21ClN4O. The molecule has 26 heavy (non-hydrogen) atoms. The second kappa shape index (κ2) is 8.63. The number of nitrogens with zero attached hydrogens (tertiary/aromatic N) is 2. The summed E-state index contributed by atoms with van der Waals surface area (Å²) in [5, 5.41) is 10.7. The Bertz CT molecular complexity index is 877. The van der Waals surface area contributed by atoms with Crippen LogP contribution < -0.4 is 5.32 Å². The predicted molar refractivity (Wildman–Crippen MR) is 103 cm³/mol. The number of H-pyrrole nitrogens is 1. The topological polar surface area (TPSA) is 70.7 Å². The molecule has 1 amide bonds. The van der Waals surface area contributed by atoms with Gasteiger partial charge in [-0.2, -0.15) is 5.10 Å². The second-order valence-corrected chi connectivity index (χ2v) is 6.55. The number of anilines is 1. The standard InChI is InChI=1S/C20H21ClN4O/c1-14-16(21)8-5-9-17(14)22-20(26)13-12-19-23-18(24-25-19)11-10-15-6-3-2-4-7-15/h2-9H,10-13H2,1H3,(H,22,26)(H,23,24,25). The molecule has 0 fully saturated rings. The van der Waals surface area contributed by atoms with Gasteiger partial charge in [0.2, 0.25) is 5.91 Å². The average Bonchev–Trinajstić information content (AvgIpc) is 3.11. The molecule has 134 valence electrons. The average molecular weight is 369 g/mol. The fraction of sp³-hybridized carbons (Fsp3) is 0.250. The molecule has 0 aliphatic heterocycles. The third kappa shape index (κ3) is 4.92. The van der Waals surface area contributed by atoms with Gasteiger partial charge in [0, 0.05) is 30.0 Å². The number of hydrogen-bond acceptors (Lipinski definition) is 3. The fourth-order valence-corrected chi connectivity index (χ4v) is 2.82. The summed E-state index contributed by atoms with van der Waals surface area (Å²) in [6.07, 6.45) is 2.52. The molecule has 0 spiro atoms. The van der Waals surface area contributed by atoms with Crippen LogP contribution in [-0.2, 0) is 24.1 Å². The molecule has 0 aliphatic carbocycles. The number of aromatic amines is 1. The molecule has 0 unspecified atom stereocenters. The Balaban J connectivity index is 1.48. The van der Waals surface area contributed by atoms with Gasteiger partial charge in [-0.3, -0.25) is 9.89 Å². The molecular weight excluding hydrogens is 348 g/mol. The van der Waals surface area contributed by atoms with Crippen molar-refractivity contribution < 1.29 is 4.79 Å². The van der Waals surface area contributed by atoms with Crippen molar-refractivity contribution in [1.82, 2.24) is 15.2 Å². The van der Waals surface area contributed by atoms with Crippen LogP contribution in [0.4, 0.5) is 5.69 Å². The first-order chi connectivity index (χ1) is 12.6. The van der Waals surface area contributed by atoms with Gasteiger partial charge >= 0.3 is 0 Å². The van der Waals surface area contributed by atoms with Crippen LogP contribution in [0.25, 0.3) is 0 Å². The van der Waals surface area contributed by atoms with Crippen LogP contribution in [-0.4, -0.2) is 21.1 Å². The smallest absolute Gasteiger partial charge is 0.224 e. The van der Waals surface area contributed by atoms with Crippen molar-refractivity contribution in [3.05, 3.63) is 76.3 Å². The van der Waals surface area contributed by atoms with Crippen LogP contribution >= 0.6 is 11.6 Å². The van der Waals surface area contributed by atoms with Gasteiger partial charge in [-0.15, -0.1) is 0 Å². The summed E-state index contributed by atoms with van der Waals surface area (Å²) < 4.78 is 0. The first-order valence-electron chi connectivity index (χ1n) is 8.61. The Morgan fingerprint density at radius 3 is 2.69 bits per heavy atom. The minimum atomic E-state index is -0.0717. The maximum absolute atomic E-state index is 12.2. The molecule has 3 rings (SSSR count). The second-order valence-electron chi connectivity index (χ2n) is 6.14. The van der Waals surface area contributed by atoms with E-state index in [4.69, 9.17) is 11.6 Å². The minimum absolute atomic E-state index is 0.0717. The maximum atomic E-state index is 12.2. The van der Waals surface area contributed by atoms with Crippen LogP contribution in [0.3, 0.4) is 0 Å². The van der Waals surface area contributed by atoms with Crippen molar-refractivity contribution >= 4 is 23.2 Å². The van der Waals surface area contributed by atoms with E-state index in [-0.39, 0.29) is 5.91 Å². The third-order valence-electron chi connectivity index (χ3n) is 4.19. The highest BCUT2D eigenvalue weighted by Crippen LogP contribution is 2.23. The van der Waals surface area contributed by atoms with Gasteiger partial charge in [-0.05, 0) is 36.6 Å². The highest BCUT2D eigenvalue weighted by Gasteiger charge is 2.09. The minimum Gasteiger partial charge on any atom is -0.326 e. The number of aromatic nitrogens is 3. The zero-order chi connectivity index (χ0) is 18.4. The Hall–Kier alpha value is -2.66. The third-order valence-corrected chi connectivity index (χ3v) is 4.60. The van der Waals surface area contributed by atoms with Gasteiger partial charge < -0.3 is 5.32 Å². The summed E-state index contributed by atoms with van der Waals surface area (Å²) in [6.45, 7) is 1.88. The maximum Gasteiger partial charge on any atom is 0.224 e. The van der Waals surface area contributed by atoms with Gasteiger partial charge in [0.05, 0.1) is 0 Å². The largest absolute Gasteiger partial charge is 0.326 e. The van der Waals surface area contributed by atoms with E-state index in [1.54, 1.807) is 6.07 Å². The van der Waals surface area contributed by atoms with E-state index in [0.717, 1.165) is 35.7 Å². The van der Waals surface area contributed by atoms with E-state index in [0.29, 0.717) is 17.9 Å². The van der Waals surface area contributed by atoms with E-state index in [1.165, 1.54) is 5.56 Å².